The lowest BCUT2D eigenvalue weighted by molar-refractivity contribution is -0.137. The maximum atomic E-state index is 12.5. The summed E-state index contributed by atoms with van der Waals surface area (Å²) in [6, 6.07) is 7.57. The van der Waals surface area contributed by atoms with Crippen LogP contribution in [0.2, 0.25) is 0 Å². The summed E-state index contributed by atoms with van der Waals surface area (Å²) >= 11 is 3.39. The molecule has 0 radical (unpaired) electrons. The number of nitrogens with zero attached hydrogens (tertiary/aromatic N) is 1. The molecule has 5 nitrogen and oxygen atoms in total. The summed E-state index contributed by atoms with van der Waals surface area (Å²) in [4.78, 5) is 26.8. The Morgan fingerprint density at radius 3 is 2.42 bits per heavy atom. The highest BCUT2D eigenvalue weighted by Gasteiger charge is 2.31. The monoisotopic (exact) mass is 393 g/mol. The van der Waals surface area contributed by atoms with E-state index in [1.54, 1.807) is 0 Å². The van der Waals surface area contributed by atoms with Gasteiger partial charge in [-0.25, -0.2) is 0 Å². The summed E-state index contributed by atoms with van der Waals surface area (Å²) < 4.78 is 0.989. The third-order valence-corrected chi connectivity index (χ3v) is 5.43. The van der Waals surface area contributed by atoms with Crippen molar-refractivity contribution in [3.8, 4) is 0 Å². The lowest BCUT2D eigenvalue weighted by Crippen LogP contribution is -2.51. The Bertz CT molecular complexity index is 576. The Morgan fingerprint density at radius 2 is 1.79 bits per heavy atom. The average Bonchev–Trinajstić information content (AvgIpc) is 2.64. The van der Waals surface area contributed by atoms with Gasteiger partial charge in [-0.1, -0.05) is 22.4 Å². The third kappa shape index (κ3) is 4.36. The quantitative estimate of drug-likeness (QED) is 0.829. The van der Waals surface area contributed by atoms with Gasteiger partial charge in [0.1, 0.15) is 0 Å². The fraction of sp³-hybridized carbons (Fsp3) is 0.556. The Labute approximate surface area is 151 Å². The summed E-state index contributed by atoms with van der Waals surface area (Å²) in [5.74, 6) is 0.249. The Hall–Kier alpha value is -1.40. The number of carbonyl (C=O) groups excluding carboxylic acids is 2. The minimum Gasteiger partial charge on any atom is -0.341 e. The van der Waals surface area contributed by atoms with Gasteiger partial charge >= 0.3 is 0 Å². The number of hydrogen-bond donors (Lipinski definition) is 2. The molecule has 2 heterocycles. The van der Waals surface area contributed by atoms with Crippen LogP contribution in [0.5, 0.6) is 0 Å². The molecular weight excluding hydrogens is 370 g/mol. The van der Waals surface area contributed by atoms with Crippen molar-refractivity contribution in [2.24, 2.45) is 5.92 Å². The number of hydrogen-bond acceptors (Lipinski definition) is 3. The minimum atomic E-state index is -0.0214. The highest BCUT2D eigenvalue weighted by Crippen LogP contribution is 2.22. The van der Waals surface area contributed by atoms with Gasteiger partial charge in [0.2, 0.25) is 11.8 Å². The molecule has 0 aromatic heterocycles. The van der Waals surface area contributed by atoms with Gasteiger partial charge in [-0.2, -0.15) is 0 Å². The first-order valence-corrected chi connectivity index (χ1v) is 9.51. The Morgan fingerprint density at radius 1 is 1.08 bits per heavy atom. The van der Waals surface area contributed by atoms with E-state index in [4.69, 9.17) is 0 Å². The van der Waals surface area contributed by atoms with Crippen LogP contribution in [-0.2, 0) is 9.59 Å². The van der Waals surface area contributed by atoms with Crippen molar-refractivity contribution in [3.63, 3.8) is 0 Å². The van der Waals surface area contributed by atoms with E-state index in [1.165, 1.54) is 0 Å². The van der Waals surface area contributed by atoms with Crippen LogP contribution < -0.4 is 10.6 Å². The molecule has 1 atom stereocenters. The van der Waals surface area contributed by atoms with Gasteiger partial charge in [-0.05, 0) is 56.5 Å². The number of carbonyl (C=O) groups is 2. The molecule has 1 unspecified atom stereocenters. The number of rotatable bonds is 3. The SMILES string of the molecule is O=C(Nc1ccc(Br)cc1)C1CCN(C(=O)C2CCCCN2)CC1. The predicted octanol–water partition coefficient (Wildman–Crippen LogP) is 2.77. The first-order chi connectivity index (χ1) is 11.6. The zero-order valence-electron chi connectivity index (χ0n) is 13.8. The van der Waals surface area contributed by atoms with Crippen molar-refractivity contribution in [1.82, 2.24) is 10.2 Å². The highest BCUT2D eigenvalue weighted by atomic mass is 79.9. The van der Waals surface area contributed by atoms with Crippen LogP contribution in [0.4, 0.5) is 5.69 Å². The van der Waals surface area contributed by atoms with Crippen molar-refractivity contribution in [2.45, 2.75) is 38.1 Å². The summed E-state index contributed by atoms with van der Waals surface area (Å²) in [7, 11) is 0. The van der Waals surface area contributed by atoms with Gasteiger partial charge in [0.05, 0.1) is 6.04 Å². The van der Waals surface area contributed by atoms with Crippen LogP contribution in [0, 0.1) is 5.92 Å². The minimum absolute atomic E-state index is 0.0167. The second-order valence-corrected chi connectivity index (χ2v) is 7.51. The fourth-order valence-electron chi connectivity index (χ4n) is 3.42. The summed E-state index contributed by atoms with van der Waals surface area (Å²) in [5, 5.41) is 6.28. The number of amides is 2. The van der Waals surface area contributed by atoms with Crippen molar-refractivity contribution in [2.75, 3.05) is 25.0 Å². The fourth-order valence-corrected chi connectivity index (χ4v) is 3.69. The lowest BCUT2D eigenvalue weighted by Gasteiger charge is -2.35. The molecule has 2 saturated heterocycles. The van der Waals surface area contributed by atoms with Gasteiger partial charge in [0, 0.05) is 29.2 Å². The molecule has 1 aromatic rings. The first-order valence-electron chi connectivity index (χ1n) is 8.72. The van der Waals surface area contributed by atoms with E-state index in [0.717, 1.165) is 48.8 Å². The smallest absolute Gasteiger partial charge is 0.239 e. The van der Waals surface area contributed by atoms with E-state index in [2.05, 4.69) is 26.6 Å². The topological polar surface area (TPSA) is 61.4 Å². The molecule has 3 rings (SSSR count). The van der Waals surface area contributed by atoms with Crippen LogP contribution in [0.25, 0.3) is 0 Å². The number of anilines is 1. The van der Waals surface area contributed by atoms with Crippen LogP contribution >= 0.6 is 15.9 Å². The van der Waals surface area contributed by atoms with Crippen molar-refractivity contribution < 1.29 is 9.59 Å². The van der Waals surface area contributed by atoms with E-state index < -0.39 is 0 Å². The van der Waals surface area contributed by atoms with E-state index in [0.29, 0.717) is 13.1 Å². The second kappa shape index (κ2) is 8.12. The molecule has 2 N–H and O–H groups in total. The summed E-state index contributed by atoms with van der Waals surface area (Å²) in [6.07, 6.45) is 4.68. The zero-order valence-corrected chi connectivity index (χ0v) is 15.3. The molecule has 0 spiro atoms. The molecule has 0 saturated carbocycles. The second-order valence-electron chi connectivity index (χ2n) is 6.60. The number of likely N-dealkylation sites (tertiary alicyclic amines) is 1. The van der Waals surface area contributed by atoms with Crippen molar-refractivity contribution in [1.29, 1.82) is 0 Å². The number of benzene rings is 1. The van der Waals surface area contributed by atoms with E-state index in [9.17, 15) is 9.59 Å². The number of nitrogens with one attached hydrogen (secondary N) is 2. The van der Waals surface area contributed by atoms with Gasteiger partial charge in [-0.3, -0.25) is 9.59 Å². The Balaban J connectivity index is 1.48. The van der Waals surface area contributed by atoms with Crippen molar-refractivity contribution >= 4 is 33.4 Å². The Kier molecular flexibility index (Phi) is 5.89. The largest absolute Gasteiger partial charge is 0.341 e. The van der Waals surface area contributed by atoms with E-state index in [-0.39, 0.29) is 23.8 Å². The molecule has 6 heteroatoms. The van der Waals surface area contributed by atoms with E-state index in [1.807, 2.05) is 29.2 Å². The van der Waals surface area contributed by atoms with Crippen molar-refractivity contribution in [3.05, 3.63) is 28.7 Å². The third-order valence-electron chi connectivity index (χ3n) is 4.90. The molecule has 2 fully saturated rings. The predicted molar refractivity (Wildman–Crippen MR) is 97.7 cm³/mol. The molecule has 24 heavy (non-hydrogen) atoms. The normalized spacial score (nSPS) is 22.2. The maximum Gasteiger partial charge on any atom is 0.239 e. The van der Waals surface area contributed by atoms with Crippen LogP contribution in [0.1, 0.15) is 32.1 Å². The molecule has 2 aliphatic rings. The molecule has 2 aliphatic heterocycles. The van der Waals surface area contributed by atoms with Crippen LogP contribution in [0.15, 0.2) is 28.7 Å². The van der Waals surface area contributed by atoms with Gasteiger partial charge < -0.3 is 15.5 Å². The molecule has 0 bridgehead atoms. The first kappa shape index (κ1) is 17.4. The zero-order chi connectivity index (χ0) is 16.9. The molecule has 130 valence electrons. The standard InChI is InChI=1S/C18H24BrN3O2/c19-14-4-6-15(7-5-14)21-17(23)13-8-11-22(12-9-13)18(24)16-3-1-2-10-20-16/h4-7,13,16,20H,1-3,8-12H2,(H,21,23). The van der Waals surface area contributed by atoms with Crippen LogP contribution in [0.3, 0.4) is 0 Å². The lowest BCUT2D eigenvalue weighted by atomic mass is 9.94. The van der Waals surface area contributed by atoms with Crippen LogP contribution in [-0.4, -0.2) is 42.4 Å². The van der Waals surface area contributed by atoms with E-state index >= 15 is 0 Å². The summed E-state index contributed by atoms with van der Waals surface area (Å²) in [6.45, 7) is 2.29. The van der Waals surface area contributed by atoms with Gasteiger partial charge in [0.15, 0.2) is 0 Å². The molecule has 1 aromatic carbocycles. The van der Waals surface area contributed by atoms with Gasteiger partial charge in [-0.15, -0.1) is 0 Å². The summed E-state index contributed by atoms with van der Waals surface area (Å²) in [5.41, 5.74) is 0.813. The highest BCUT2D eigenvalue weighted by molar-refractivity contribution is 9.10. The molecule has 0 aliphatic carbocycles. The average molecular weight is 394 g/mol. The van der Waals surface area contributed by atoms with Gasteiger partial charge in [0.25, 0.3) is 0 Å². The molecule has 2 amide bonds. The maximum absolute atomic E-state index is 12.5. The number of piperidine rings is 2. The number of halogens is 1. The molecular formula is C18H24BrN3O2.